The molecule has 28 heavy (non-hydrogen) atoms. The first-order valence-corrected chi connectivity index (χ1v) is 9.12. The van der Waals surface area contributed by atoms with Gasteiger partial charge in [-0.1, -0.05) is 63.5 Å². The Morgan fingerprint density at radius 1 is 1.11 bits per heavy atom. The summed E-state index contributed by atoms with van der Waals surface area (Å²) in [6.07, 6.45) is 0. The van der Waals surface area contributed by atoms with Crippen molar-refractivity contribution in [1.29, 1.82) is 0 Å². The molecule has 0 amide bonds. The lowest BCUT2D eigenvalue weighted by Crippen LogP contribution is -2.32. The number of methoxy groups -OCH3 is 1. The van der Waals surface area contributed by atoms with E-state index in [1.54, 1.807) is 24.3 Å². The van der Waals surface area contributed by atoms with Gasteiger partial charge in [-0.3, -0.25) is 4.79 Å². The highest BCUT2D eigenvalue weighted by Crippen LogP contribution is 2.36. The van der Waals surface area contributed by atoms with Crippen LogP contribution in [0.25, 0.3) is 0 Å². The average molecular weight is 440 g/mol. The van der Waals surface area contributed by atoms with Crippen LogP contribution in [0, 0.1) is 0 Å². The number of benzene rings is 2. The molecule has 0 saturated heterocycles. The number of anilines is 1. The van der Waals surface area contributed by atoms with Crippen molar-refractivity contribution in [2.75, 3.05) is 12.4 Å². The number of halogens is 1. The van der Waals surface area contributed by atoms with Gasteiger partial charge in [0.2, 0.25) is 5.95 Å². The van der Waals surface area contributed by atoms with E-state index in [0.29, 0.717) is 5.56 Å². The smallest absolute Gasteiger partial charge is 0.355 e. The van der Waals surface area contributed by atoms with Crippen LogP contribution in [0.2, 0.25) is 0 Å². The standard InChI is InChI=1S/C19H14BrN5O3/c1-28-18(27)15-14(17(26)12-5-3-2-4-6-12)16(11-7-9-13(20)10-8-11)25-19(21-15)22-23-24-25/h2-10,16H,1H3,(H,21,22,24)/t16-/m1/s1. The number of rotatable bonds is 4. The molecule has 2 aromatic carbocycles. The number of carbonyl (C=O) groups excluding carboxylic acids is 2. The number of nitrogens with one attached hydrogen (secondary N) is 1. The van der Waals surface area contributed by atoms with Gasteiger partial charge in [-0.15, -0.1) is 0 Å². The topological polar surface area (TPSA) is 99.0 Å². The van der Waals surface area contributed by atoms with E-state index in [-0.39, 0.29) is 23.0 Å². The number of nitrogens with zero attached hydrogens (tertiary/aromatic N) is 4. The minimum atomic E-state index is -0.693. The van der Waals surface area contributed by atoms with Crippen LogP contribution in [0.4, 0.5) is 5.95 Å². The number of tetrazole rings is 1. The fourth-order valence-corrected chi connectivity index (χ4v) is 3.35. The Morgan fingerprint density at radius 3 is 2.50 bits per heavy atom. The third-order valence-corrected chi connectivity index (χ3v) is 4.90. The molecule has 1 aliphatic rings. The van der Waals surface area contributed by atoms with E-state index < -0.39 is 12.0 Å². The molecule has 1 aromatic heterocycles. The predicted molar refractivity (Wildman–Crippen MR) is 104 cm³/mol. The van der Waals surface area contributed by atoms with Crippen LogP contribution < -0.4 is 5.32 Å². The van der Waals surface area contributed by atoms with Crippen molar-refractivity contribution in [3.63, 3.8) is 0 Å². The monoisotopic (exact) mass is 439 g/mol. The second-order valence-electron chi connectivity index (χ2n) is 6.00. The molecule has 0 radical (unpaired) electrons. The molecule has 0 spiro atoms. The molecule has 3 aromatic rings. The SMILES string of the molecule is COC(=O)C1=C(C(=O)c2ccccc2)[C@@H](c2ccc(Br)cc2)n2nnnc2N1. The Morgan fingerprint density at radius 2 is 1.82 bits per heavy atom. The van der Waals surface area contributed by atoms with Crippen LogP contribution in [0.5, 0.6) is 0 Å². The molecule has 0 unspecified atom stereocenters. The highest BCUT2D eigenvalue weighted by atomic mass is 79.9. The molecule has 8 nitrogen and oxygen atoms in total. The van der Waals surface area contributed by atoms with E-state index in [0.717, 1.165) is 10.0 Å². The Bertz CT molecular complexity index is 1080. The number of aromatic nitrogens is 4. The zero-order chi connectivity index (χ0) is 19.7. The zero-order valence-electron chi connectivity index (χ0n) is 14.7. The van der Waals surface area contributed by atoms with Gasteiger partial charge in [0, 0.05) is 10.0 Å². The molecule has 1 atom stereocenters. The lowest BCUT2D eigenvalue weighted by atomic mass is 9.89. The molecule has 4 rings (SSSR count). The minimum Gasteiger partial charge on any atom is -0.464 e. The molecule has 2 heterocycles. The summed E-state index contributed by atoms with van der Waals surface area (Å²) in [6, 6.07) is 15.4. The molecule has 0 fully saturated rings. The summed E-state index contributed by atoms with van der Waals surface area (Å²) in [5.41, 5.74) is 1.42. The fourth-order valence-electron chi connectivity index (χ4n) is 3.09. The first kappa shape index (κ1) is 18.1. The molecule has 0 saturated carbocycles. The summed E-state index contributed by atoms with van der Waals surface area (Å²) in [4.78, 5) is 25.9. The average Bonchev–Trinajstić information content (AvgIpc) is 3.21. The van der Waals surface area contributed by atoms with E-state index in [1.165, 1.54) is 11.8 Å². The van der Waals surface area contributed by atoms with Gasteiger partial charge >= 0.3 is 5.97 Å². The maximum Gasteiger partial charge on any atom is 0.355 e. The van der Waals surface area contributed by atoms with Crippen molar-refractivity contribution in [3.05, 3.63) is 81.5 Å². The van der Waals surface area contributed by atoms with Gasteiger partial charge in [0.15, 0.2) is 5.78 Å². The van der Waals surface area contributed by atoms with E-state index in [9.17, 15) is 9.59 Å². The highest BCUT2D eigenvalue weighted by Gasteiger charge is 2.38. The van der Waals surface area contributed by atoms with Gasteiger partial charge in [0.1, 0.15) is 11.7 Å². The minimum absolute atomic E-state index is 0.0200. The Kier molecular flexibility index (Phi) is 4.74. The van der Waals surface area contributed by atoms with Crippen LogP contribution in [-0.4, -0.2) is 39.1 Å². The van der Waals surface area contributed by atoms with Crippen LogP contribution in [0.15, 0.2) is 70.3 Å². The van der Waals surface area contributed by atoms with Crippen LogP contribution >= 0.6 is 15.9 Å². The largest absolute Gasteiger partial charge is 0.464 e. The summed E-state index contributed by atoms with van der Waals surface area (Å²) >= 11 is 3.41. The van der Waals surface area contributed by atoms with E-state index >= 15 is 0 Å². The lowest BCUT2D eigenvalue weighted by molar-refractivity contribution is -0.136. The van der Waals surface area contributed by atoms with Gasteiger partial charge < -0.3 is 10.1 Å². The van der Waals surface area contributed by atoms with Crippen LogP contribution in [0.3, 0.4) is 0 Å². The molecule has 0 aliphatic carbocycles. The Hall–Kier alpha value is -3.33. The second kappa shape index (κ2) is 7.35. The number of ether oxygens (including phenoxy) is 1. The lowest BCUT2D eigenvalue weighted by Gasteiger charge is -2.28. The number of carbonyl (C=O) groups is 2. The van der Waals surface area contributed by atoms with Gasteiger partial charge in [0.05, 0.1) is 12.7 Å². The van der Waals surface area contributed by atoms with E-state index in [2.05, 4.69) is 36.8 Å². The maximum absolute atomic E-state index is 13.4. The summed E-state index contributed by atoms with van der Waals surface area (Å²) in [7, 11) is 1.26. The molecule has 0 bridgehead atoms. The number of hydrogen-bond acceptors (Lipinski definition) is 7. The third-order valence-electron chi connectivity index (χ3n) is 4.37. The highest BCUT2D eigenvalue weighted by molar-refractivity contribution is 9.10. The van der Waals surface area contributed by atoms with E-state index in [4.69, 9.17) is 4.74 Å². The zero-order valence-corrected chi connectivity index (χ0v) is 16.3. The summed E-state index contributed by atoms with van der Waals surface area (Å²) in [6.45, 7) is 0. The maximum atomic E-state index is 13.4. The molecule has 1 N–H and O–H groups in total. The van der Waals surface area contributed by atoms with Crippen molar-refractivity contribution in [3.8, 4) is 0 Å². The van der Waals surface area contributed by atoms with Gasteiger partial charge in [0.25, 0.3) is 0 Å². The third kappa shape index (κ3) is 3.09. The molecule has 9 heteroatoms. The van der Waals surface area contributed by atoms with Crippen LogP contribution in [-0.2, 0) is 9.53 Å². The summed E-state index contributed by atoms with van der Waals surface area (Å²) in [5.74, 6) is -0.740. The number of esters is 1. The quantitative estimate of drug-likeness (QED) is 0.492. The number of ketones is 1. The molecular formula is C19H14BrN5O3. The predicted octanol–water partition coefficient (Wildman–Crippen LogP) is 2.76. The molecule has 140 valence electrons. The first-order valence-electron chi connectivity index (χ1n) is 8.32. The van der Waals surface area contributed by atoms with Crippen molar-refractivity contribution in [2.24, 2.45) is 0 Å². The number of allylic oxidation sites excluding steroid dienone is 1. The van der Waals surface area contributed by atoms with Crippen molar-refractivity contribution >= 4 is 33.6 Å². The summed E-state index contributed by atoms with van der Waals surface area (Å²) < 4.78 is 7.27. The van der Waals surface area contributed by atoms with Crippen molar-refractivity contribution in [1.82, 2.24) is 20.2 Å². The number of fused-ring (bicyclic) bond motifs is 1. The molecule has 1 aliphatic heterocycles. The second-order valence-corrected chi connectivity index (χ2v) is 6.92. The van der Waals surface area contributed by atoms with Gasteiger partial charge in [-0.25, -0.2) is 4.79 Å². The Labute approximate surface area is 168 Å². The van der Waals surface area contributed by atoms with Crippen molar-refractivity contribution in [2.45, 2.75) is 6.04 Å². The van der Waals surface area contributed by atoms with E-state index in [1.807, 2.05) is 30.3 Å². The normalized spacial score (nSPS) is 15.6. The van der Waals surface area contributed by atoms with Crippen LogP contribution in [0.1, 0.15) is 22.0 Å². The van der Waals surface area contributed by atoms with Crippen molar-refractivity contribution < 1.29 is 14.3 Å². The van der Waals surface area contributed by atoms with Gasteiger partial charge in [-0.05, 0) is 28.1 Å². The molecular weight excluding hydrogens is 426 g/mol. The summed E-state index contributed by atoms with van der Waals surface area (Å²) in [5, 5.41) is 14.5. The number of Topliss-reactive ketones (excluding diaryl/α,β-unsaturated/α-hetero) is 1. The first-order chi connectivity index (χ1) is 13.6. The fraction of sp³-hybridized carbons (Fsp3) is 0.105. The Balaban J connectivity index is 1.95. The number of hydrogen-bond donors (Lipinski definition) is 1. The van der Waals surface area contributed by atoms with Gasteiger partial charge in [-0.2, -0.15) is 4.68 Å².